The molecule has 1 N–H and O–H groups in total. The molecule has 1 fully saturated rings. The highest BCUT2D eigenvalue weighted by molar-refractivity contribution is 6.40. The number of ether oxygens (including phenoxy) is 3. The van der Waals surface area contributed by atoms with Crippen molar-refractivity contribution in [2.75, 3.05) is 25.2 Å². The van der Waals surface area contributed by atoms with E-state index in [1.54, 1.807) is 19.1 Å². The van der Waals surface area contributed by atoms with Crippen molar-refractivity contribution in [1.29, 1.82) is 0 Å². The second kappa shape index (κ2) is 10.4. The Hall–Kier alpha value is -3.56. The third-order valence-electron chi connectivity index (χ3n) is 4.40. The molecule has 9 nitrogen and oxygen atoms in total. The molecule has 0 atom stereocenters. The zero-order valence-electron chi connectivity index (χ0n) is 17.5. The number of hydrogen-bond acceptors (Lipinski definition) is 7. The lowest BCUT2D eigenvalue weighted by Gasteiger charge is -2.26. The van der Waals surface area contributed by atoms with E-state index in [-0.39, 0.29) is 33.7 Å². The SMILES string of the molecule is CCOC(=O)COc1c(Cl)cc(/C=C2/C(=O)NC(=O)N(c3ccc(OC)cc3)C2=O)cc1Cl. The summed E-state index contributed by atoms with van der Waals surface area (Å²) in [4.78, 5) is 50.0. The van der Waals surface area contributed by atoms with Gasteiger partial charge in [-0.05, 0) is 55.0 Å². The van der Waals surface area contributed by atoms with Gasteiger partial charge in [0.2, 0.25) is 0 Å². The van der Waals surface area contributed by atoms with Crippen LogP contribution in [0.25, 0.3) is 6.08 Å². The molecule has 3 rings (SSSR count). The molecule has 0 unspecified atom stereocenters. The van der Waals surface area contributed by atoms with E-state index in [0.29, 0.717) is 11.3 Å². The zero-order valence-corrected chi connectivity index (χ0v) is 19.0. The van der Waals surface area contributed by atoms with Crippen LogP contribution < -0.4 is 19.7 Å². The molecule has 1 aliphatic rings. The van der Waals surface area contributed by atoms with Gasteiger partial charge in [0.05, 0.1) is 29.4 Å². The number of barbiturate groups is 1. The first-order valence-electron chi connectivity index (χ1n) is 9.58. The molecule has 172 valence electrons. The van der Waals surface area contributed by atoms with Crippen LogP contribution in [-0.2, 0) is 19.1 Å². The van der Waals surface area contributed by atoms with Crippen LogP contribution in [0.2, 0.25) is 10.0 Å². The fraction of sp³-hybridized carbons (Fsp3) is 0.182. The number of amides is 4. The van der Waals surface area contributed by atoms with Crippen molar-refractivity contribution in [1.82, 2.24) is 5.32 Å². The van der Waals surface area contributed by atoms with Crippen LogP contribution in [0.5, 0.6) is 11.5 Å². The van der Waals surface area contributed by atoms with Crippen LogP contribution in [0.3, 0.4) is 0 Å². The number of halogens is 2. The molecular formula is C22H18Cl2N2O7. The summed E-state index contributed by atoms with van der Waals surface area (Å²) in [5.41, 5.74) is 0.240. The number of methoxy groups -OCH3 is 1. The summed E-state index contributed by atoms with van der Waals surface area (Å²) in [7, 11) is 1.48. The first kappa shape index (κ1) is 24.1. The Labute approximate surface area is 198 Å². The molecule has 0 bridgehead atoms. The van der Waals surface area contributed by atoms with Gasteiger partial charge in [-0.3, -0.25) is 14.9 Å². The molecule has 1 saturated heterocycles. The minimum absolute atomic E-state index is 0.0444. The van der Waals surface area contributed by atoms with Crippen LogP contribution in [0.15, 0.2) is 42.0 Å². The van der Waals surface area contributed by atoms with Gasteiger partial charge < -0.3 is 14.2 Å². The number of rotatable bonds is 7. The highest BCUT2D eigenvalue weighted by Gasteiger charge is 2.36. The predicted octanol–water partition coefficient (Wildman–Crippen LogP) is 3.61. The average molecular weight is 493 g/mol. The van der Waals surface area contributed by atoms with Gasteiger partial charge in [0.25, 0.3) is 11.8 Å². The fourth-order valence-electron chi connectivity index (χ4n) is 2.92. The van der Waals surface area contributed by atoms with Gasteiger partial charge >= 0.3 is 12.0 Å². The molecule has 0 radical (unpaired) electrons. The quantitative estimate of drug-likeness (QED) is 0.356. The van der Waals surface area contributed by atoms with E-state index in [1.807, 2.05) is 0 Å². The second-order valence-corrected chi connectivity index (χ2v) is 7.38. The number of nitrogens with zero attached hydrogens (tertiary/aromatic N) is 1. The van der Waals surface area contributed by atoms with Gasteiger partial charge in [0, 0.05) is 0 Å². The monoisotopic (exact) mass is 492 g/mol. The highest BCUT2D eigenvalue weighted by Crippen LogP contribution is 2.35. The summed E-state index contributed by atoms with van der Waals surface area (Å²) in [5, 5.41) is 2.22. The molecule has 0 spiro atoms. The third kappa shape index (κ3) is 5.44. The highest BCUT2D eigenvalue weighted by atomic mass is 35.5. The van der Waals surface area contributed by atoms with Gasteiger partial charge in [-0.2, -0.15) is 0 Å². The van der Waals surface area contributed by atoms with E-state index in [1.165, 1.54) is 37.5 Å². The van der Waals surface area contributed by atoms with Gasteiger partial charge in [0.1, 0.15) is 11.3 Å². The van der Waals surface area contributed by atoms with E-state index >= 15 is 0 Å². The second-order valence-electron chi connectivity index (χ2n) is 6.56. The number of anilines is 1. The van der Waals surface area contributed by atoms with E-state index in [9.17, 15) is 19.2 Å². The largest absolute Gasteiger partial charge is 0.497 e. The van der Waals surface area contributed by atoms with Gasteiger partial charge in [-0.25, -0.2) is 14.5 Å². The number of nitrogens with one attached hydrogen (secondary N) is 1. The fourth-order valence-corrected chi connectivity index (χ4v) is 3.54. The standard InChI is InChI=1S/C22H18Cl2N2O7/c1-3-32-18(27)11-33-19-16(23)9-12(10-17(19)24)8-15-20(28)25-22(30)26(21(15)29)13-4-6-14(31-2)7-5-13/h4-10H,3,11H2,1-2H3,(H,25,28,30)/b15-8-. The lowest BCUT2D eigenvalue weighted by Crippen LogP contribution is -2.54. The number of carbonyl (C=O) groups excluding carboxylic acids is 4. The number of esters is 1. The molecule has 0 saturated carbocycles. The summed E-state index contributed by atoms with van der Waals surface area (Å²) >= 11 is 12.4. The summed E-state index contributed by atoms with van der Waals surface area (Å²) in [6.45, 7) is 1.46. The van der Waals surface area contributed by atoms with Gasteiger partial charge in [-0.1, -0.05) is 23.2 Å². The van der Waals surface area contributed by atoms with E-state index in [4.69, 9.17) is 37.4 Å². The van der Waals surface area contributed by atoms with Crippen molar-refractivity contribution in [3.63, 3.8) is 0 Å². The summed E-state index contributed by atoms with van der Waals surface area (Å²) in [6, 6.07) is 8.08. The van der Waals surface area contributed by atoms with Crippen molar-refractivity contribution < 1.29 is 33.4 Å². The number of benzene rings is 2. The van der Waals surface area contributed by atoms with Crippen molar-refractivity contribution in [3.8, 4) is 11.5 Å². The molecule has 0 aliphatic carbocycles. The molecule has 1 heterocycles. The first-order chi connectivity index (χ1) is 15.7. The molecule has 11 heteroatoms. The number of carbonyl (C=O) groups is 4. The maximum absolute atomic E-state index is 13.0. The molecule has 33 heavy (non-hydrogen) atoms. The van der Waals surface area contributed by atoms with Crippen LogP contribution in [0.4, 0.5) is 10.5 Å². The molecule has 1 aliphatic heterocycles. The predicted molar refractivity (Wildman–Crippen MR) is 121 cm³/mol. The lowest BCUT2D eigenvalue weighted by atomic mass is 10.1. The van der Waals surface area contributed by atoms with E-state index in [0.717, 1.165) is 4.90 Å². The third-order valence-corrected chi connectivity index (χ3v) is 4.97. The molecule has 4 amide bonds. The number of imide groups is 2. The van der Waals surface area contributed by atoms with E-state index < -0.39 is 30.4 Å². The maximum Gasteiger partial charge on any atom is 0.344 e. The Bertz CT molecular complexity index is 1120. The Balaban J connectivity index is 1.89. The zero-order chi connectivity index (χ0) is 24.1. The number of urea groups is 1. The Morgan fingerprint density at radius 1 is 1.09 bits per heavy atom. The van der Waals surface area contributed by atoms with Crippen molar-refractivity contribution in [2.45, 2.75) is 6.92 Å². The van der Waals surface area contributed by atoms with Crippen molar-refractivity contribution in [3.05, 3.63) is 57.6 Å². The van der Waals surface area contributed by atoms with Gasteiger partial charge in [0.15, 0.2) is 12.4 Å². The van der Waals surface area contributed by atoms with Crippen LogP contribution in [-0.4, -0.2) is 44.1 Å². The minimum Gasteiger partial charge on any atom is -0.497 e. The van der Waals surface area contributed by atoms with Crippen molar-refractivity contribution >= 4 is 58.8 Å². The molecule has 0 aromatic heterocycles. The average Bonchev–Trinajstić information content (AvgIpc) is 2.76. The Morgan fingerprint density at radius 2 is 1.73 bits per heavy atom. The summed E-state index contributed by atoms with van der Waals surface area (Å²) in [6.07, 6.45) is 1.24. The molecule has 2 aromatic carbocycles. The topological polar surface area (TPSA) is 111 Å². The van der Waals surface area contributed by atoms with Gasteiger partial charge in [-0.15, -0.1) is 0 Å². The van der Waals surface area contributed by atoms with Crippen LogP contribution in [0.1, 0.15) is 12.5 Å². The lowest BCUT2D eigenvalue weighted by molar-refractivity contribution is -0.145. The maximum atomic E-state index is 13.0. The van der Waals surface area contributed by atoms with E-state index in [2.05, 4.69) is 5.32 Å². The smallest absolute Gasteiger partial charge is 0.344 e. The van der Waals surface area contributed by atoms with Crippen molar-refractivity contribution in [2.24, 2.45) is 0 Å². The minimum atomic E-state index is -0.883. The first-order valence-corrected chi connectivity index (χ1v) is 10.3. The molecular weight excluding hydrogens is 475 g/mol. The van der Waals surface area contributed by atoms with Crippen LogP contribution >= 0.6 is 23.2 Å². The molecule has 2 aromatic rings. The summed E-state index contributed by atoms with van der Waals surface area (Å²) in [5.74, 6) is -1.72. The Morgan fingerprint density at radius 3 is 2.30 bits per heavy atom. The van der Waals surface area contributed by atoms with Crippen LogP contribution in [0, 0.1) is 0 Å². The summed E-state index contributed by atoms with van der Waals surface area (Å²) < 4.78 is 15.2. The number of hydrogen-bond donors (Lipinski definition) is 1. The normalized spacial score (nSPS) is 14.8. The Kier molecular flexibility index (Phi) is 7.57.